The zero-order chi connectivity index (χ0) is 14.0. The maximum Gasteiger partial charge on any atom is 0.356 e. The van der Waals surface area contributed by atoms with Crippen LogP contribution < -0.4 is 0 Å². The Morgan fingerprint density at radius 1 is 1.47 bits per heavy atom. The van der Waals surface area contributed by atoms with E-state index in [-0.39, 0.29) is 5.78 Å². The van der Waals surface area contributed by atoms with Crippen molar-refractivity contribution in [2.45, 2.75) is 19.8 Å². The molecule has 1 heterocycles. The van der Waals surface area contributed by atoms with Crippen LogP contribution in [0.2, 0.25) is 0 Å². The van der Waals surface area contributed by atoms with Gasteiger partial charge in [0.05, 0.1) is 6.61 Å². The van der Waals surface area contributed by atoms with Gasteiger partial charge in [-0.3, -0.25) is 9.89 Å². The second-order valence-electron chi connectivity index (χ2n) is 4.59. The molecule has 0 spiro atoms. The van der Waals surface area contributed by atoms with Crippen molar-refractivity contribution in [2.24, 2.45) is 0 Å². The molecule has 6 nitrogen and oxygen atoms in total. The van der Waals surface area contributed by atoms with Crippen LogP contribution in [0, 0.1) is 0 Å². The van der Waals surface area contributed by atoms with Crippen molar-refractivity contribution >= 4 is 11.8 Å². The molecule has 0 aliphatic heterocycles. The van der Waals surface area contributed by atoms with Crippen molar-refractivity contribution in [3.05, 3.63) is 28.7 Å². The monoisotopic (exact) mass is 263 g/mol. The van der Waals surface area contributed by atoms with Crippen molar-refractivity contribution in [1.29, 1.82) is 0 Å². The minimum Gasteiger partial charge on any atom is -0.461 e. The molecule has 0 unspecified atom stereocenters. The molecule has 0 radical (unpaired) electrons. The molecule has 102 valence electrons. The Morgan fingerprint density at radius 3 is 2.84 bits per heavy atom. The number of Topliss-reactive ketones (excluding diaryl/α,β-unsaturated/α-hetero) is 1. The highest BCUT2D eigenvalue weighted by molar-refractivity contribution is 6.10. The number of hydrogen-bond acceptors (Lipinski definition) is 5. The van der Waals surface area contributed by atoms with E-state index in [4.69, 9.17) is 4.74 Å². The summed E-state index contributed by atoms with van der Waals surface area (Å²) in [6.45, 7) is 2.04. The number of rotatable bonds is 3. The van der Waals surface area contributed by atoms with Crippen LogP contribution in [-0.4, -0.2) is 47.6 Å². The molecular formula is C13H17N3O3. The molecule has 0 fully saturated rings. The predicted octanol–water partition coefficient (Wildman–Crippen LogP) is 1.16. The number of ketones is 1. The lowest BCUT2D eigenvalue weighted by Crippen LogP contribution is -2.18. The first-order valence-electron chi connectivity index (χ1n) is 6.20. The molecule has 0 saturated carbocycles. The van der Waals surface area contributed by atoms with E-state index in [1.165, 1.54) is 0 Å². The Labute approximate surface area is 111 Å². The smallest absolute Gasteiger partial charge is 0.356 e. The molecule has 19 heavy (non-hydrogen) atoms. The van der Waals surface area contributed by atoms with E-state index < -0.39 is 5.97 Å². The molecule has 0 atom stereocenters. The van der Waals surface area contributed by atoms with Gasteiger partial charge in [0.25, 0.3) is 0 Å². The van der Waals surface area contributed by atoms with Gasteiger partial charge in [-0.25, -0.2) is 4.79 Å². The second-order valence-corrected chi connectivity index (χ2v) is 4.59. The van der Waals surface area contributed by atoms with E-state index in [0.717, 1.165) is 0 Å². The molecule has 1 N–H and O–H groups in total. The lowest BCUT2D eigenvalue weighted by atomic mass is 9.91. The number of aromatic nitrogens is 2. The lowest BCUT2D eigenvalue weighted by molar-refractivity contribution is 0.0518. The molecule has 0 amide bonds. The SMILES string of the molecule is CCOC(=O)c1[nH]nc2c1CC/C(=C/N(C)C)C2=O. The number of nitrogens with one attached hydrogen (secondary N) is 1. The van der Waals surface area contributed by atoms with Crippen LogP contribution in [-0.2, 0) is 11.2 Å². The van der Waals surface area contributed by atoms with Gasteiger partial charge in [-0.05, 0) is 19.8 Å². The molecule has 1 aliphatic carbocycles. The highest BCUT2D eigenvalue weighted by atomic mass is 16.5. The number of allylic oxidation sites excluding steroid dienone is 1. The largest absolute Gasteiger partial charge is 0.461 e. The summed E-state index contributed by atoms with van der Waals surface area (Å²) >= 11 is 0. The summed E-state index contributed by atoms with van der Waals surface area (Å²) in [5, 5.41) is 6.58. The van der Waals surface area contributed by atoms with Crippen LogP contribution >= 0.6 is 0 Å². The first-order chi connectivity index (χ1) is 9.04. The fourth-order valence-electron chi connectivity index (χ4n) is 2.13. The van der Waals surface area contributed by atoms with Gasteiger partial charge in [0, 0.05) is 31.4 Å². The topological polar surface area (TPSA) is 75.3 Å². The quantitative estimate of drug-likeness (QED) is 0.654. The molecule has 1 aromatic rings. The molecule has 1 aromatic heterocycles. The number of aromatic amines is 1. The normalized spacial score (nSPS) is 16.4. The van der Waals surface area contributed by atoms with Crippen LogP contribution in [0.3, 0.4) is 0 Å². The number of H-pyrrole nitrogens is 1. The average Bonchev–Trinajstić information content (AvgIpc) is 2.77. The van der Waals surface area contributed by atoms with Crippen molar-refractivity contribution in [3.8, 4) is 0 Å². The van der Waals surface area contributed by atoms with Gasteiger partial charge in [-0.2, -0.15) is 5.10 Å². The molecule has 0 aromatic carbocycles. The van der Waals surface area contributed by atoms with Gasteiger partial charge in [-0.1, -0.05) is 0 Å². The summed E-state index contributed by atoms with van der Waals surface area (Å²) in [6, 6.07) is 0. The van der Waals surface area contributed by atoms with Crippen LogP contribution in [0.5, 0.6) is 0 Å². The van der Waals surface area contributed by atoms with Gasteiger partial charge >= 0.3 is 5.97 Å². The van der Waals surface area contributed by atoms with Gasteiger partial charge < -0.3 is 9.64 Å². The summed E-state index contributed by atoms with van der Waals surface area (Å²) in [7, 11) is 3.73. The third-order valence-corrected chi connectivity index (χ3v) is 2.91. The Balaban J connectivity index is 2.33. The fourth-order valence-corrected chi connectivity index (χ4v) is 2.13. The predicted molar refractivity (Wildman–Crippen MR) is 69.0 cm³/mol. The Morgan fingerprint density at radius 2 is 2.21 bits per heavy atom. The first-order valence-corrected chi connectivity index (χ1v) is 6.20. The number of ether oxygens (including phenoxy) is 1. The van der Waals surface area contributed by atoms with Crippen molar-refractivity contribution < 1.29 is 14.3 Å². The molecule has 2 rings (SSSR count). The summed E-state index contributed by atoms with van der Waals surface area (Å²) in [4.78, 5) is 25.8. The zero-order valence-electron chi connectivity index (χ0n) is 11.3. The van der Waals surface area contributed by atoms with Gasteiger partial charge in [-0.15, -0.1) is 0 Å². The molecule has 0 bridgehead atoms. The summed E-state index contributed by atoms with van der Waals surface area (Å²) in [5.74, 6) is -0.578. The van der Waals surface area contributed by atoms with Crippen molar-refractivity contribution in [1.82, 2.24) is 15.1 Å². The van der Waals surface area contributed by atoms with Gasteiger partial charge in [0.2, 0.25) is 5.78 Å². The standard InChI is InChI=1S/C13H17N3O3/c1-4-19-13(18)11-9-6-5-8(7-16(2)3)12(17)10(9)14-15-11/h7H,4-6H2,1-3H3,(H,14,15)/b8-7-. The van der Waals surface area contributed by atoms with Crippen LogP contribution in [0.4, 0.5) is 0 Å². The zero-order valence-corrected chi connectivity index (χ0v) is 11.3. The van der Waals surface area contributed by atoms with Crippen LogP contribution in [0.25, 0.3) is 0 Å². The van der Waals surface area contributed by atoms with E-state index in [0.29, 0.717) is 42.0 Å². The first kappa shape index (κ1) is 13.3. The lowest BCUT2D eigenvalue weighted by Gasteiger charge is -2.15. The van der Waals surface area contributed by atoms with Gasteiger partial charge in [0.1, 0.15) is 11.4 Å². The van der Waals surface area contributed by atoms with Gasteiger partial charge in [0.15, 0.2) is 0 Å². The Hall–Kier alpha value is -2.11. The third-order valence-electron chi connectivity index (χ3n) is 2.91. The van der Waals surface area contributed by atoms with Crippen LogP contribution in [0.1, 0.15) is 39.9 Å². The highest BCUT2D eigenvalue weighted by Gasteiger charge is 2.30. The minimum absolute atomic E-state index is 0.123. The van der Waals surface area contributed by atoms with E-state index in [2.05, 4.69) is 10.2 Å². The molecule has 0 saturated heterocycles. The van der Waals surface area contributed by atoms with E-state index in [1.807, 2.05) is 19.0 Å². The number of fused-ring (bicyclic) bond motifs is 1. The molecular weight excluding hydrogens is 246 g/mol. The fraction of sp³-hybridized carbons (Fsp3) is 0.462. The Bertz CT molecular complexity index is 543. The maximum atomic E-state index is 12.2. The summed E-state index contributed by atoms with van der Waals surface area (Å²) < 4.78 is 4.93. The number of hydrogen-bond donors (Lipinski definition) is 1. The summed E-state index contributed by atoms with van der Waals surface area (Å²) in [5.41, 5.74) is 2.01. The second kappa shape index (κ2) is 5.26. The van der Waals surface area contributed by atoms with Crippen molar-refractivity contribution in [2.75, 3.05) is 20.7 Å². The van der Waals surface area contributed by atoms with Crippen LogP contribution in [0.15, 0.2) is 11.8 Å². The average molecular weight is 263 g/mol. The number of carbonyl (C=O) groups excluding carboxylic acids is 2. The minimum atomic E-state index is -0.455. The van der Waals surface area contributed by atoms with Crippen molar-refractivity contribution in [3.63, 3.8) is 0 Å². The number of nitrogens with zero attached hydrogens (tertiary/aromatic N) is 2. The van der Waals surface area contributed by atoms with E-state index in [9.17, 15) is 9.59 Å². The van der Waals surface area contributed by atoms with E-state index >= 15 is 0 Å². The molecule has 1 aliphatic rings. The molecule has 6 heteroatoms. The number of esters is 1. The van der Waals surface area contributed by atoms with E-state index in [1.54, 1.807) is 13.1 Å². The maximum absolute atomic E-state index is 12.2. The summed E-state index contributed by atoms with van der Waals surface area (Å²) in [6.07, 6.45) is 3.02. The Kier molecular flexibility index (Phi) is 3.69. The highest BCUT2D eigenvalue weighted by Crippen LogP contribution is 2.26. The third kappa shape index (κ3) is 2.52. The number of carbonyl (C=O) groups is 2.